The molecule has 0 radical (unpaired) electrons. The van der Waals surface area contributed by atoms with Crippen molar-refractivity contribution >= 4 is 80.7 Å². The van der Waals surface area contributed by atoms with Gasteiger partial charge >= 0.3 is 0 Å². The van der Waals surface area contributed by atoms with Crippen LogP contribution in [-0.4, -0.2) is 22.9 Å². The van der Waals surface area contributed by atoms with Gasteiger partial charge in [0.2, 0.25) is 0 Å². The lowest BCUT2D eigenvalue weighted by Crippen LogP contribution is -2.79. The summed E-state index contributed by atoms with van der Waals surface area (Å²) in [6.45, 7) is -0.114. The van der Waals surface area contributed by atoms with Crippen LogP contribution >= 0.6 is 0 Å². The SMILES string of the molecule is c1ccc([Si](c2ccccc2)(c2ccccc2)c2cc([Si](c3ccccc3)(c3ccccc3)c3ccccc3)c3c4c2Oc2ccccc2B4c2ccccc2O3)cc1. The van der Waals surface area contributed by atoms with Crippen LogP contribution in [-0.2, 0) is 0 Å². The van der Waals surface area contributed by atoms with Crippen molar-refractivity contribution in [3.05, 3.63) is 237 Å². The number of hydrogen-bond donors (Lipinski definition) is 0. The van der Waals surface area contributed by atoms with Crippen LogP contribution in [0.3, 0.4) is 0 Å². The van der Waals surface area contributed by atoms with Crippen LogP contribution in [0.4, 0.5) is 0 Å². The van der Waals surface area contributed by atoms with Gasteiger partial charge in [-0.25, -0.2) is 0 Å². The lowest BCUT2D eigenvalue weighted by atomic mass is 9.35. The average molecular weight is 787 g/mol. The molecular weight excluding hydrogens is 748 g/mol. The zero-order valence-corrected chi connectivity index (χ0v) is 34.4. The number of hydrogen-bond acceptors (Lipinski definition) is 2. The second-order valence-corrected chi connectivity index (χ2v) is 23.0. The second-order valence-electron chi connectivity index (χ2n) is 15.5. The minimum atomic E-state index is -3.20. The molecule has 2 aliphatic heterocycles. The fourth-order valence-corrected chi connectivity index (χ4v) is 20.0. The Bertz CT molecular complexity index is 2540. The first-order chi connectivity index (χ1) is 29.3. The Kier molecular flexibility index (Phi) is 8.65. The Balaban J connectivity index is 1.40. The minimum absolute atomic E-state index is 0.114. The highest BCUT2D eigenvalue weighted by molar-refractivity contribution is 7.23. The summed E-state index contributed by atoms with van der Waals surface area (Å²) >= 11 is 0. The molecule has 0 aromatic heterocycles. The number of benzene rings is 9. The van der Waals surface area contributed by atoms with Gasteiger partial charge in [0.15, 0.2) is 16.1 Å². The quantitative estimate of drug-likeness (QED) is 0.157. The average Bonchev–Trinajstić information content (AvgIpc) is 3.32. The molecule has 0 bridgehead atoms. The number of rotatable bonds is 8. The molecule has 9 aromatic rings. The van der Waals surface area contributed by atoms with Gasteiger partial charge in [0.05, 0.1) is 0 Å². The molecule has 11 rings (SSSR count). The summed E-state index contributed by atoms with van der Waals surface area (Å²) in [5, 5.41) is 10.2. The van der Waals surface area contributed by atoms with Crippen molar-refractivity contribution < 1.29 is 9.47 Å². The standard InChI is InChI=1S/C54H39BO2Si2/c1-7-23-40(24-8-1)58(41-25-9-2-10-26-41,42-27-11-3-12-28-42)50-39-51(59(43-29-13-4-14-30-43,44-31-15-5-16-32-44)45-33-17-6-18-34-45)54-52-53(50)56-48-37-21-19-35-46(48)55(52)47-36-20-22-38-49(47)57-54/h1-39H. The maximum atomic E-state index is 7.50. The molecule has 0 saturated carbocycles. The zero-order chi connectivity index (χ0) is 39.2. The highest BCUT2D eigenvalue weighted by Crippen LogP contribution is 2.35. The predicted molar refractivity (Wildman–Crippen MR) is 251 cm³/mol. The molecule has 0 N–H and O–H groups in total. The van der Waals surface area contributed by atoms with Gasteiger partial charge in [0.1, 0.15) is 23.0 Å². The highest BCUT2D eigenvalue weighted by Gasteiger charge is 2.53. The number of fused-ring (bicyclic) bond motifs is 4. The minimum Gasteiger partial charge on any atom is -0.458 e. The third kappa shape index (κ3) is 5.39. The molecule has 2 nitrogen and oxygen atoms in total. The molecule has 0 aliphatic carbocycles. The van der Waals surface area contributed by atoms with E-state index in [0.717, 1.165) is 39.4 Å². The van der Waals surface area contributed by atoms with E-state index in [-0.39, 0.29) is 6.71 Å². The third-order valence-electron chi connectivity index (χ3n) is 12.5. The molecule has 2 aliphatic rings. The van der Waals surface area contributed by atoms with Gasteiger partial charge in [0.25, 0.3) is 6.71 Å². The van der Waals surface area contributed by atoms with Crippen LogP contribution in [0.1, 0.15) is 0 Å². The van der Waals surface area contributed by atoms with E-state index < -0.39 is 16.1 Å². The molecule has 59 heavy (non-hydrogen) atoms. The van der Waals surface area contributed by atoms with Gasteiger partial charge in [-0.05, 0) is 64.6 Å². The van der Waals surface area contributed by atoms with E-state index in [1.54, 1.807) is 0 Å². The lowest BCUT2D eigenvalue weighted by Gasteiger charge is -2.43. The topological polar surface area (TPSA) is 18.5 Å². The maximum Gasteiger partial charge on any atom is 0.260 e. The van der Waals surface area contributed by atoms with E-state index in [1.165, 1.54) is 41.5 Å². The Hall–Kier alpha value is -6.92. The van der Waals surface area contributed by atoms with E-state index in [1.807, 2.05) is 0 Å². The van der Waals surface area contributed by atoms with E-state index in [0.29, 0.717) is 0 Å². The normalized spacial score (nSPS) is 12.6. The van der Waals surface area contributed by atoms with E-state index in [4.69, 9.17) is 9.47 Å². The van der Waals surface area contributed by atoms with Crippen LogP contribution in [0.5, 0.6) is 23.0 Å². The summed E-state index contributed by atoms with van der Waals surface area (Å²) in [6.07, 6.45) is 0. The maximum absolute atomic E-state index is 7.50. The van der Waals surface area contributed by atoms with Gasteiger partial charge in [-0.15, -0.1) is 0 Å². The van der Waals surface area contributed by atoms with E-state index in [9.17, 15) is 0 Å². The fraction of sp³-hybridized carbons (Fsp3) is 0. The molecule has 0 saturated heterocycles. The van der Waals surface area contributed by atoms with Crippen molar-refractivity contribution in [1.29, 1.82) is 0 Å². The number of para-hydroxylation sites is 2. The summed E-state index contributed by atoms with van der Waals surface area (Å²) in [7, 11) is -6.41. The Morgan fingerprint density at radius 2 is 0.542 bits per heavy atom. The smallest absolute Gasteiger partial charge is 0.260 e. The van der Waals surface area contributed by atoms with Gasteiger partial charge in [-0.2, -0.15) is 0 Å². The summed E-state index contributed by atoms with van der Waals surface area (Å²) in [5.41, 5.74) is 3.41. The summed E-state index contributed by atoms with van der Waals surface area (Å²) < 4.78 is 15.0. The van der Waals surface area contributed by atoms with E-state index >= 15 is 0 Å². The first-order valence-electron chi connectivity index (χ1n) is 20.4. The van der Waals surface area contributed by atoms with Gasteiger partial charge in [-0.1, -0.05) is 224 Å². The first kappa shape index (κ1) is 35.3. The molecule has 0 unspecified atom stereocenters. The van der Waals surface area contributed by atoms with Crippen LogP contribution in [0, 0.1) is 0 Å². The van der Waals surface area contributed by atoms with Crippen molar-refractivity contribution in [2.45, 2.75) is 0 Å². The van der Waals surface area contributed by atoms with Crippen LogP contribution in [0.2, 0.25) is 0 Å². The fourth-order valence-electron chi connectivity index (χ4n) is 10.1. The first-order valence-corrected chi connectivity index (χ1v) is 24.4. The zero-order valence-electron chi connectivity index (χ0n) is 32.4. The number of ether oxygens (including phenoxy) is 2. The Labute approximate surface area is 348 Å². The lowest BCUT2D eigenvalue weighted by molar-refractivity contribution is 0.469. The van der Waals surface area contributed by atoms with Gasteiger partial charge in [-0.3, -0.25) is 0 Å². The van der Waals surface area contributed by atoms with Crippen molar-refractivity contribution in [2.75, 3.05) is 0 Å². The Morgan fingerprint density at radius 1 is 0.288 bits per heavy atom. The van der Waals surface area contributed by atoms with Gasteiger partial charge < -0.3 is 9.47 Å². The van der Waals surface area contributed by atoms with Crippen molar-refractivity contribution in [1.82, 2.24) is 0 Å². The van der Waals surface area contributed by atoms with Crippen LogP contribution in [0.25, 0.3) is 0 Å². The molecular formula is C54H39BO2Si2. The largest absolute Gasteiger partial charge is 0.458 e. The van der Waals surface area contributed by atoms with E-state index in [2.05, 4.69) is 237 Å². The molecule has 0 amide bonds. The molecule has 5 heteroatoms. The second kappa shape index (κ2) is 14.5. The van der Waals surface area contributed by atoms with Crippen molar-refractivity contribution in [3.63, 3.8) is 0 Å². The monoisotopic (exact) mass is 786 g/mol. The summed E-state index contributed by atoms with van der Waals surface area (Å²) in [4.78, 5) is 0. The Morgan fingerprint density at radius 3 is 0.831 bits per heavy atom. The molecule has 2 heterocycles. The van der Waals surface area contributed by atoms with Crippen LogP contribution in [0.15, 0.2) is 237 Å². The molecule has 9 aromatic carbocycles. The molecule has 0 fully saturated rings. The summed E-state index contributed by atoms with van der Waals surface area (Å²) in [5.74, 6) is 3.58. The predicted octanol–water partition coefficient (Wildman–Crippen LogP) is 5.17. The third-order valence-corrected chi connectivity index (χ3v) is 22.0. The molecule has 0 atom stereocenters. The highest BCUT2D eigenvalue weighted by atomic mass is 28.3. The molecule has 0 spiro atoms. The summed E-state index contributed by atoms with van der Waals surface area (Å²) in [6, 6.07) is 87.1. The van der Waals surface area contributed by atoms with Gasteiger partial charge in [0, 0.05) is 5.46 Å². The van der Waals surface area contributed by atoms with Crippen molar-refractivity contribution in [2.24, 2.45) is 0 Å². The molecule has 278 valence electrons. The van der Waals surface area contributed by atoms with Crippen molar-refractivity contribution in [3.8, 4) is 23.0 Å². The van der Waals surface area contributed by atoms with Crippen LogP contribution < -0.4 is 67.4 Å².